The Labute approximate surface area is 129 Å². The van der Waals surface area contributed by atoms with E-state index in [4.69, 9.17) is 9.47 Å². The summed E-state index contributed by atoms with van der Waals surface area (Å²) >= 11 is 0. The van der Waals surface area contributed by atoms with Crippen LogP contribution in [0.3, 0.4) is 0 Å². The molecule has 22 heavy (non-hydrogen) atoms. The number of hydrogen-bond donors (Lipinski definition) is 1. The number of rotatable bonds is 3. The first-order valence-corrected chi connectivity index (χ1v) is 7.19. The molecule has 1 N–H and O–H groups in total. The Balaban J connectivity index is 2.29. The minimum atomic E-state index is -1.01. The van der Waals surface area contributed by atoms with Crippen LogP contribution in [0.4, 0.5) is 4.79 Å². The average Bonchev–Trinajstić information content (AvgIpc) is 2.53. The first-order valence-electron chi connectivity index (χ1n) is 7.19. The van der Waals surface area contributed by atoms with Crippen molar-refractivity contribution in [2.45, 2.75) is 25.3 Å². The summed E-state index contributed by atoms with van der Waals surface area (Å²) in [6.45, 7) is 2.01. The highest BCUT2D eigenvalue weighted by Gasteiger charge is 2.40. The van der Waals surface area contributed by atoms with Gasteiger partial charge in [0.2, 0.25) is 0 Å². The Morgan fingerprint density at radius 2 is 1.86 bits per heavy atom. The SMILES string of the molecule is COC(=O)C1CN(C(=O)O)C(C)CC1c1ccc(OC)cc1. The van der Waals surface area contributed by atoms with Gasteiger partial charge in [0, 0.05) is 18.5 Å². The fraction of sp³-hybridized carbons (Fsp3) is 0.500. The second-order valence-electron chi connectivity index (χ2n) is 5.53. The molecule has 0 aliphatic carbocycles. The first kappa shape index (κ1) is 16.1. The number of benzene rings is 1. The van der Waals surface area contributed by atoms with Crippen molar-refractivity contribution in [2.75, 3.05) is 20.8 Å². The Morgan fingerprint density at radius 1 is 1.23 bits per heavy atom. The van der Waals surface area contributed by atoms with E-state index in [1.165, 1.54) is 12.0 Å². The molecule has 6 nitrogen and oxygen atoms in total. The number of esters is 1. The fourth-order valence-electron chi connectivity index (χ4n) is 3.05. The van der Waals surface area contributed by atoms with Crippen LogP contribution < -0.4 is 4.74 Å². The van der Waals surface area contributed by atoms with Crippen LogP contribution in [0, 0.1) is 5.92 Å². The van der Waals surface area contributed by atoms with Crippen molar-refractivity contribution in [2.24, 2.45) is 5.92 Å². The molecule has 0 spiro atoms. The van der Waals surface area contributed by atoms with E-state index in [1.807, 2.05) is 31.2 Å². The summed E-state index contributed by atoms with van der Waals surface area (Å²) < 4.78 is 10.0. The van der Waals surface area contributed by atoms with Gasteiger partial charge in [-0.25, -0.2) is 4.79 Å². The van der Waals surface area contributed by atoms with E-state index in [2.05, 4.69) is 0 Å². The third-order valence-corrected chi connectivity index (χ3v) is 4.30. The van der Waals surface area contributed by atoms with E-state index in [9.17, 15) is 14.7 Å². The van der Waals surface area contributed by atoms with Crippen LogP contribution in [0.15, 0.2) is 24.3 Å². The van der Waals surface area contributed by atoms with Crippen molar-refractivity contribution in [1.29, 1.82) is 0 Å². The molecule has 120 valence electrons. The largest absolute Gasteiger partial charge is 0.497 e. The maximum Gasteiger partial charge on any atom is 0.407 e. The molecule has 1 aliphatic rings. The smallest absolute Gasteiger partial charge is 0.407 e. The highest BCUT2D eigenvalue weighted by atomic mass is 16.5. The van der Waals surface area contributed by atoms with Crippen molar-refractivity contribution in [3.8, 4) is 5.75 Å². The van der Waals surface area contributed by atoms with Gasteiger partial charge in [0.05, 0.1) is 20.1 Å². The lowest BCUT2D eigenvalue weighted by Crippen LogP contribution is -2.50. The van der Waals surface area contributed by atoms with E-state index in [0.29, 0.717) is 6.42 Å². The normalized spacial score (nSPS) is 24.7. The standard InChI is InChI=1S/C16H21NO5/c1-10-8-13(11-4-6-12(21-2)7-5-11)14(15(18)22-3)9-17(10)16(19)20/h4-7,10,13-14H,8-9H2,1-3H3,(H,19,20). The molecule has 0 saturated carbocycles. The zero-order valence-corrected chi connectivity index (χ0v) is 13.0. The van der Waals surface area contributed by atoms with Gasteiger partial charge in [-0.15, -0.1) is 0 Å². The number of carbonyl (C=O) groups is 2. The molecule has 1 fully saturated rings. The molecule has 1 aliphatic heterocycles. The van der Waals surface area contributed by atoms with Crippen LogP contribution in [-0.2, 0) is 9.53 Å². The van der Waals surface area contributed by atoms with Gasteiger partial charge in [0.15, 0.2) is 0 Å². The van der Waals surface area contributed by atoms with Crippen molar-refractivity contribution >= 4 is 12.1 Å². The molecule has 0 radical (unpaired) electrons. The zero-order chi connectivity index (χ0) is 16.3. The van der Waals surface area contributed by atoms with E-state index < -0.39 is 12.0 Å². The van der Waals surface area contributed by atoms with Crippen LogP contribution in [0.5, 0.6) is 5.75 Å². The molecular formula is C16H21NO5. The van der Waals surface area contributed by atoms with Gasteiger partial charge >= 0.3 is 12.1 Å². The van der Waals surface area contributed by atoms with Crippen LogP contribution in [0.1, 0.15) is 24.8 Å². The summed E-state index contributed by atoms with van der Waals surface area (Å²) in [7, 11) is 2.93. The molecule has 1 heterocycles. The maximum atomic E-state index is 12.1. The predicted molar refractivity (Wildman–Crippen MR) is 80.1 cm³/mol. The summed E-state index contributed by atoms with van der Waals surface area (Å²) in [6, 6.07) is 7.38. The summed E-state index contributed by atoms with van der Waals surface area (Å²) in [5, 5.41) is 9.26. The number of carboxylic acid groups (broad SMARTS) is 1. The zero-order valence-electron chi connectivity index (χ0n) is 13.0. The Bertz CT molecular complexity index is 542. The molecule has 1 amide bonds. The summed E-state index contributed by atoms with van der Waals surface area (Å²) in [5.41, 5.74) is 0.994. The molecule has 1 aromatic carbocycles. The van der Waals surface area contributed by atoms with E-state index in [0.717, 1.165) is 11.3 Å². The number of hydrogen-bond acceptors (Lipinski definition) is 4. The average molecular weight is 307 g/mol. The molecule has 2 rings (SSSR count). The lowest BCUT2D eigenvalue weighted by atomic mass is 9.78. The summed E-state index contributed by atoms with van der Waals surface area (Å²) in [5.74, 6) is -0.192. The Hall–Kier alpha value is -2.24. The lowest BCUT2D eigenvalue weighted by molar-refractivity contribution is -0.148. The van der Waals surface area contributed by atoms with Crippen molar-refractivity contribution in [3.05, 3.63) is 29.8 Å². The second kappa shape index (κ2) is 6.68. The molecule has 1 saturated heterocycles. The molecule has 6 heteroatoms. The molecule has 1 aromatic rings. The summed E-state index contributed by atoms with van der Waals surface area (Å²) in [4.78, 5) is 24.7. The monoisotopic (exact) mass is 307 g/mol. The van der Waals surface area contributed by atoms with Gasteiger partial charge in [-0.1, -0.05) is 12.1 Å². The van der Waals surface area contributed by atoms with Gasteiger partial charge < -0.3 is 19.5 Å². The van der Waals surface area contributed by atoms with Crippen LogP contribution >= 0.6 is 0 Å². The van der Waals surface area contributed by atoms with Crippen LogP contribution in [0.2, 0.25) is 0 Å². The maximum absolute atomic E-state index is 12.1. The Kier molecular flexibility index (Phi) is 4.90. The predicted octanol–water partition coefficient (Wildman–Crippen LogP) is 2.34. The number of amides is 1. The summed E-state index contributed by atoms with van der Waals surface area (Å²) in [6.07, 6.45) is -0.423. The number of methoxy groups -OCH3 is 2. The number of ether oxygens (including phenoxy) is 2. The van der Waals surface area contributed by atoms with Gasteiger partial charge in [-0.05, 0) is 31.0 Å². The number of piperidine rings is 1. The minimum absolute atomic E-state index is 0.0658. The molecule has 3 unspecified atom stereocenters. The third-order valence-electron chi connectivity index (χ3n) is 4.30. The van der Waals surface area contributed by atoms with Crippen LogP contribution in [0.25, 0.3) is 0 Å². The first-order chi connectivity index (χ1) is 10.5. The van der Waals surface area contributed by atoms with Crippen molar-refractivity contribution in [3.63, 3.8) is 0 Å². The van der Waals surface area contributed by atoms with Gasteiger partial charge in [-0.3, -0.25) is 4.79 Å². The molecular weight excluding hydrogens is 286 g/mol. The highest BCUT2D eigenvalue weighted by Crippen LogP contribution is 2.37. The Morgan fingerprint density at radius 3 is 2.36 bits per heavy atom. The molecule has 0 bridgehead atoms. The molecule has 0 aromatic heterocycles. The van der Waals surface area contributed by atoms with E-state index in [1.54, 1.807) is 7.11 Å². The number of carbonyl (C=O) groups excluding carboxylic acids is 1. The second-order valence-corrected chi connectivity index (χ2v) is 5.53. The fourth-order valence-corrected chi connectivity index (χ4v) is 3.05. The van der Waals surface area contributed by atoms with E-state index in [-0.39, 0.29) is 24.5 Å². The van der Waals surface area contributed by atoms with E-state index >= 15 is 0 Å². The van der Waals surface area contributed by atoms with Crippen molar-refractivity contribution in [1.82, 2.24) is 4.90 Å². The quantitative estimate of drug-likeness (QED) is 0.867. The van der Waals surface area contributed by atoms with Gasteiger partial charge in [0.25, 0.3) is 0 Å². The minimum Gasteiger partial charge on any atom is -0.497 e. The van der Waals surface area contributed by atoms with Crippen molar-refractivity contribution < 1.29 is 24.2 Å². The number of nitrogens with zero attached hydrogens (tertiary/aromatic N) is 1. The highest BCUT2D eigenvalue weighted by molar-refractivity contribution is 5.75. The number of likely N-dealkylation sites (tertiary alicyclic amines) is 1. The van der Waals surface area contributed by atoms with Gasteiger partial charge in [-0.2, -0.15) is 0 Å². The molecule has 3 atom stereocenters. The van der Waals surface area contributed by atoms with Gasteiger partial charge in [0.1, 0.15) is 5.75 Å². The lowest BCUT2D eigenvalue weighted by Gasteiger charge is -2.40. The topological polar surface area (TPSA) is 76.1 Å². The third kappa shape index (κ3) is 3.16. The van der Waals surface area contributed by atoms with Crippen LogP contribution in [-0.4, -0.2) is 48.9 Å².